The fourth-order valence-corrected chi connectivity index (χ4v) is 3.60. The molecule has 1 amide bonds. The van der Waals surface area contributed by atoms with Gasteiger partial charge >= 0.3 is 0 Å². The summed E-state index contributed by atoms with van der Waals surface area (Å²) in [5.41, 5.74) is 0.353. The van der Waals surface area contributed by atoms with Crippen molar-refractivity contribution in [1.29, 1.82) is 0 Å². The molecule has 0 radical (unpaired) electrons. The van der Waals surface area contributed by atoms with Gasteiger partial charge in [-0.05, 0) is 37.5 Å². The molecule has 4 nitrogen and oxygen atoms in total. The van der Waals surface area contributed by atoms with E-state index in [1.807, 2.05) is 4.90 Å². The molecule has 1 aliphatic rings. The molecule has 116 valence electrons. The summed E-state index contributed by atoms with van der Waals surface area (Å²) >= 11 is 3.23. The van der Waals surface area contributed by atoms with E-state index in [4.69, 9.17) is 10.7 Å². The number of carbonyl (C=O) groups excluding carboxylic acids is 1. The number of benzene rings is 1. The first-order valence-corrected chi connectivity index (χ1v) is 9.99. The smallest absolute Gasteiger partial charge is 0.261 e. The van der Waals surface area contributed by atoms with Crippen molar-refractivity contribution < 1.29 is 13.2 Å². The third-order valence-electron chi connectivity index (χ3n) is 3.40. The SMILES string of the molecule is CCCCN(C(=O)c1cc(Br)cc(S(=O)(=O)Cl)c1)C1CC1. The predicted molar refractivity (Wildman–Crippen MR) is 86.1 cm³/mol. The summed E-state index contributed by atoms with van der Waals surface area (Å²) in [6.45, 7) is 2.78. The quantitative estimate of drug-likeness (QED) is 0.690. The molecule has 7 heteroatoms. The Morgan fingerprint density at radius 1 is 1.38 bits per heavy atom. The highest BCUT2D eigenvalue weighted by Gasteiger charge is 2.33. The standard InChI is InChI=1S/C14H17BrClNO3S/c1-2-3-6-17(12-4-5-12)14(18)10-7-11(15)9-13(8-10)21(16,19)20/h7-9,12H,2-6H2,1H3. The lowest BCUT2D eigenvalue weighted by molar-refractivity contribution is 0.0740. The van der Waals surface area contributed by atoms with E-state index in [-0.39, 0.29) is 10.8 Å². The highest BCUT2D eigenvalue weighted by atomic mass is 79.9. The van der Waals surface area contributed by atoms with Crippen molar-refractivity contribution in [3.05, 3.63) is 28.2 Å². The third-order valence-corrected chi connectivity index (χ3v) is 5.19. The Balaban J connectivity index is 2.31. The molecule has 1 saturated carbocycles. The fraction of sp³-hybridized carbons (Fsp3) is 0.500. The zero-order chi connectivity index (χ0) is 15.6. The van der Waals surface area contributed by atoms with Gasteiger partial charge in [0.15, 0.2) is 0 Å². The van der Waals surface area contributed by atoms with E-state index in [2.05, 4.69) is 22.9 Å². The van der Waals surface area contributed by atoms with Crippen LogP contribution in [0.3, 0.4) is 0 Å². The van der Waals surface area contributed by atoms with Crippen LogP contribution in [0.15, 0.2) is 27.6 Å². The highest BCUT2D eigenvalue weighted by Crippen LogP contribution is 2.30. The van der Waals surface area contributed by atoms with Gasteiger partial charge in [0.25, 0.3) is 15.0 Å². The maximum Gasteiger partial charge on any atom is 0.261 e. The molecule has 0 atom stereocenters. The van der Waals surface area contributed by atoms with Gasteiger partial charge in [-0.3, -0.25) is 4.79 Å². The first-order chi connectivity index (χ1) is 9.82. The molecule has 1 fully saturated rings. The number of carbonyl (C=O) groups is 1. The number of hydrogen-bond acceptors (Lipinski definition) is 3. The van der Waals surface area contributed by atoms with Crippen LogP contribution in [0, 0.1) is 0 Å². The van der Waals surface area contributed by atoms with Crippen LogP contribution in [0.4, 0.5) is 0 Å². The number of halogens is 2. The van der Waals surface area contributed by atoms with Gasteiger partial charge in [-0.1, -0.05) is 29.3 Å². The van der Waals surface area contributed by atoms with Gasteiger partial charge < -0.3 is 4.90 Å². The van der Waals surface area contributed by atoms with Crippen molar-refractivity contribution in [3.63, 3.8) is 0 Å². The summed E-state index contributed by atoms with van der Waals surface area (Å²) in [6.07, 6.45) is 3.99. The molecule has 0 spiro atoms. The van der Waals surface area contributed by atoms with Gasteiger partial charge in [0.2, 0.25) is 0 Å². The number of rotatable bonds is 6. The van der Waals surface area contributed by atoms with E-state index in [9.17, 15) is 13.2 Å². The first kappa shape index (κ1) is 16.8. The van der Waals surface area contributed by atoms with Crippen LogP contribution in [-0.2, 0) is 9.05 Å². The summed E-state index contributed by atoms with van der Waals surface area (Å²) in [5.74, 6) is -0.131. The third kappa shape index (κ3) is 4.44. The molecule has 0 saturated heterocycles. The second kappa shape index (κ2) is 6.67. The lowest BCUT2D eigenvalue weighted by atomic mass is 10.2. The second-order valence-electron chi connectivity index (χ2n) is 5.20. The summed E-state index contributed by atoms with van der Waals surface area (Å²) < 4.78 is 23.5. The lowest BCUT2D eigenvalue weighted by Crippen LogP contribution is -2.34. The van der Waals surface area contributed by atoms with Crippen LogP contribution in [0.25, 0.3) is 0 Å². The Bertz CT molecular complexity index is 644. The Hall–Kier alpha value is -0.590. The fourth-order valence-electron chi connectivity index (χ4n) is 2.16. The predicted octanol–water partition coefficient (Wildman–Crippen LogP) is 3.78. The summed E-state index contributed by atoms with van der Waals surface area (Å²) in [6, 6.07) is 4.66. The molecule has 0 bridgehead atoms. The largest absolute Gasteiger partial charge is 0.336 e. The molecule has 2 rings (SSSR count). The van der Waals surface area contributed by atoms with Gasteiger partial charge in [-0.15, -0.1) is 0 Å². The Morgan fingerprint density at radius 3 is 2.57 bits per heavy atom. The molecule has 1 aromatic rings. The van der Waals surface area contributed by atoms with E-state index in [1.54, 1.807) is 6.07 Å². The maximum absolute atomic E-state index is 12.6. The van der Waals surface area contributed by atoms with E-state index in [0.29, 0.717) is 22.6 Å². The number of hydrogen-bond donors (Lipinski definition) is 0. The number of unbranched alkanes of at least 4 members (excludes halogenated alkanes) is 1. The number of amides is 1. The molecule has 1 aliphatic carbocycles. The molecule has 21 heavy (non-hydrogen) atoms. The van der Waals surface area contributed by atoms with Gasteiger partial charge in [-0.2, -0.15) is 0 Å². The Morgan fingerprint density at radius 2 is 2.05 bits per heavy atom. The van der Waals surface area contributed by atoms with Crippen molar-refractivity contribution in [3.8, 4) is 0 Å². The van der Waals surface area contributed by atoms with Crippen molar-refractivity contribution in [2.75, 3.05) is 6.54 Å². The van der Waals surface area contributed by atoms with Gasteiger partial charge in [0.1, 0.15) is 0 Å². The van der Waals surface area contributed by atoms with E-state index in [0.717, 1.165) is 25.7 Å². The van der Waals surface area contributed by atoms with E-state index >= 15 is 0 Å². The van der Waals surface area contributed by atoms with Crippen LogP contribution in [0.1, 0.15) is 43.0 Å². The topological polar surface area (TPSA) is 54.5 Å². The summed E-state index contributed by atoms with van der Waals surface area (Å²) in [7, 11) is 1.51. The van der Waals surface area contributed by atoms with Crippen molar-refractivity contribution in [2.45, 2.75) is 43.5 Å². The van der Waals surface area contributed by atoms with Gasteiger partial charge in [0.05, 0.1) is 4.90 Å². The number of nitrogens with zero attached hydrogens (tertiary/aromatic N) is 1. The van der Waals surface area contributed by atoms with E-state index < -0.39 is 9.05 Å². The average molecular weight is 395 g/mol. The molecule has 0 unspecified atom stereocenters. The maximum atomic E-state index is 12.6. The van der Waals surface area contributed by atoms with Crippen LogP contribution >= 0.6 is 26.6 Å². The highest BCUT2D eigenvalue weighted by molar-refractivity contribution is 9.10. The van der Waals surface area contributed by atoms with Crippen LogP contribution in [-0.4, -0.2) is 31.8 Å². The zero-order valence-electron chi connectivity index (χ0n) is 11.7. The first-order valence-electron chi connectivity index (χ1n) is 6.89. The van der Waals surface area contributed by atoms with Crippen LogP contribution in [0.2, 0.25) is 0 Å². The lowest BCUT2D eigenvalue weighted by Gasteiger charge is -2.22. The summed E-state index contributed by atoms with van der Waals surface area (Å²) in [5, 5.41) is 0. The molecule has 0 heterocycles. The minimum Gasteiger partial charge on any atom is -0.336 e. The second-order valence-corrected chi connectivity index (χ2v) is 8.68. The molecule has 0 N–H and O–H groups in total. The molecule has 1 aromatic carbocycles. The molecular weight excluding hydrogens is 378 g/mol. The summed E-state index contributed by atoms with van der Waals surface area (Å²) in [4.78, 5) is 14.4. The normalized spacial score (nSPS) is 15.0. The monoisotopic (exact) mass is 393 g/mol. The van der Waals surface area contributed by atoms with E-state index in [1.165, 1.54) is 12.1 Å². The zero-order valence-corrected chi connectivity index (χ0v) is 14.8. The van der Waals surface area contributed by atoms with Crippen molar-refractivity contribution in [1.82, 2.24) is 4.90 Å². The Labute approximate surface area is 138 Å². The van der Waals surface area contributed by atoms with Gasteiger partial charge in [0, 0.05) is 33.3 Å². The van der Waals surface area contributed by atoms with Crippen molar-refractivity contribution >= 4 is 41.6 Å². The molecule has 0 aromatic heterocycles. The minimum absolute atomic E-state index is 0.0619. The van der Waals surface area contributed by atoms with Crippen molar-refractivity contribution in [2.24, 2.45) is 0 Å². The minimum atomic E-state index is -3.86. The average Bonchev–Trinajstić information content (AvgIpc) is 3.22. The Kier molecular flexibility index (Phi) is 5.33. The molecular formula is C14H17BrClNO3S. The van der Waals surface area contributed by atoms with Gasteiger partial charge in [-0.25, -0.2) is 8.42 Å². The van der Waals surface area contributed by atoms with Crippen LogP contribution in [0.5, 0.6) is 0 Å². The van der Waals surface area contributed by atoms with Crippen LogP contribution < -0.4 is 0 Å². The molecule has 0 aliphatic heterocycles.